The summed E-state index contributed by atoms with van der Waals surface area (Å²) in [4.78, 5) is 38.1. The molecule has 0 aromatic heterocycles. The van der Waals surface area contributed by atoms with Crippen LogP contribution in [0.2, 0.25) is 0 Å². The van der Waals surface area contributed by atoms with Crippen LogP contribution in [-0.4, -0.2) is 47.7 Å². The standard InChI is InChI=1S/C20H28N2O5/c1-13-8-6-9-14(2)17(13)21-16(23)12-26-18(24)15-10-7-11-22(15)19(25)27-20(3,4)5/h6,8-9,15H,7,10-12H2,1-5H3,(H,21,23)/t15-/m0/s1. The number of hydrogen-bond acceptors (Lipinski definition) is 5. The van der Waals surface area contributed by atoms with E-state index < -0.39 is 36.2 Å². The van der Waals surface area contributed by atoms with E-state index in [1.54, 1.807) is 20.8 Å². The zero-order chi connectivity index (χ0) is 20.2. The van der Waals surface area contributed by atoms with Crippen LogP contribution in [0.25, 0.3) is 0 Å². The van der Waals surface area contributed by atoms with Crippen LogP contribution in [0.1, 0.15) is 44.7 Å². The molecule has 0 radical (unpaired) electrons. The van der Waals surface area contributed by atoms with Crippen LogP contribution in [0.4, 0.5) is 10.5 Å². The van der Waals surface area contributed by atoms with Crippen LogP contribution >= 0.6 is 0 Å². The number of hydrogen-bond donors (Lipinski definition) is 1. The molecule has 7 nitrogen and oxygen atoms in total. The zero-order valence-electron chi connectivity index (χ0n) is 16.6. The van der Waals surface area contributed by atoms with Crippen molar-refractivity contribution in [1.29, 1.82) is 0 Å². The summed E-state index contributed by atoms with van der Waals surface area (Å²) in [5.41, 5.74) is 1.94. The van der Waals surface area contributed by atoms with Gasteiger partial charge in [0.2, 0.25) is 0 Å². The quantitative estimate of drug-likeness (QED) is 0.816. The number of esters is 1. The number of carbonyl (C=O) groups is 3. The second kappa shape index (κ2) is 8.41. The molecule has 148 valence electrons. The molecule has 1 aromatic carbocycles. The molecule has 0 spiro atoms. The predicted octanol–water partition coefficient (Wildman–Crippen LogP) is 3.18. The number of para-hydroxylation sites is 1. The number of ether oxygens (including phenoxy) is 2. The van der Waals surface area contributed by atoms with Crippen LogP contribution < -0.4 is 5.32 Å². The first kappa shape index (κ1) is 20.7. The summed E-state index contributed by atoms with van der Waals surface area (Å²) in [6.07, 6.45) is 0.645. The highest BCUT2D eigenvalue weighted by molar-refractivity contribution is 5.94. The lowest BCUT2D eigenvalue weighted by atomic mass is 10.1. The minimum atomic E-state index is -0.715. The molecule has 1 aliphatic rings. The van der Waals surface area contributed by atoms with Gasteiger partial charge in [0.15, 0.2) is 6.61 Å². The Balaban J connectivity index is 1.90. The fourth-order valence-electron chi connectivity index (χ4n) is 2.97. The van der Waals surface area contributed by atoms with Crippen molar-refractivity contribution in [3.63, 3.8) is 0 Å². The van der Waals surface area contributed by atoms with Crippen molar-refractivity contribution in [2.75, 3.05) is 18.5 Å². The average molecular weight is 376 g/mol. The first-order valence-corrected chi connectivity index (χ1v) is 9.11. The Kier molecular flexibility index (Phi) is 6.46. The van der Waals surface area contributed by atoms with E-state index in [1.807, 2.05) is 32.0 Å². The first-order valence-electron chi connectivity index (χ1n) is 9.11. The molecule has 2 rings (SSSR count). The van der Waals surface area contributed by atoms with Crippen molar-refractivity contribution < 1.29 is 23.9 Å². The summed E-state index contributed by atoms with van der Waals surface area (Å²) in [6.45, 7) is 9.14. The van der Waals surface area contributed by atoms with E-state index in [-0.39, 0.29) is 0 Å². The Morgan fingerprint density at radius 1 is 1.19 bits per heavy atom. The Bertz CT molecular complexity index is 703. The normalized spacial score (nSPS) is 16.8. The second-order valence-electron chi connectivity index (χ2n) is 7.75. The van der Waals surface area contributed by atoms with E-state index in [0.29, 0.717) is 19.4 Å². The maximum atomic E-state index is 12.4. The average Bonchev–Trinajstić information content (AvgIpc) is 3.04. The zero-order valence-corrected chi connectivity index (χ0v) is 16.6. The van der Waals surface area contributed by atoms with E-state index in [2.05, 4.69) is 5.32 Å². The number of aryl methyl sites for hydroxylation is 2. The SMILES string of the molecule is Cc1cccc(C)c1NC(=O)COC(=O)[C@@H]1CCCN1C(=O)OC(C)(C)C. The van der Waals surface area contributed by atoms with E-state index >= 15 is 0 Å². The van der Waals surface area contributed by atoms with Gasteiger partial charge in [-0.15, -0.1) is 0 Å². The Morgan fingerprint density at radius 3 is 2.41 bits per heavy atom. The minimum Gasteiger partial charge on any atom is -0.454 e. The largest absolute Gasteiger partial charge is 0.454 e. The van der Waals surface area contributed by atoms with Crippen molar-refractivity contribution in [3.05, 3.63) is 29.3 Å². The molecule has 27 heavy (non-hydrogen) atoms. The lowest BCUT2D eigenvalue weighted by Crippen LogP contribution is -2.44. The van der Waals surface area contributed by atoms with Crippen LogP contribution in [0.15, 0.2) is 18.2 Å². The van der Waals surface area contributed by atoms with Crippen LogP contribution in [0, 0.1) is 13.8 Å². The molecular formula is C20H28N2O5. The summed E-state index contributed by atoms with van der Waals surface area (Å²) in [6, 6.07) is 4.98. The highest BCUT2D eigenvalue weighted by Gasteiger charge is 2.37. The lowest BCUT2D eigenvalue weighted by Gasteiger charge is -2.27. The molecule has 1 saturated heterocycles. The van der Waals surface area contributed by atoms with Crippen LogP contribution in [0.3, 0.4) is 0 Å². The molecule has 1 N–H and O–H groups in total. The molecule has 0 aliphatic carbocycles. The van der Waals surface area contributed by atoms with Gasteiger partial charge in [-0.1, -0.05) is 18.2 Å². The molecule has 1 aromatic rings. The Labute approximate surface area is 160 Å². The Hall–Kier alpha value is -2.57. The third-order valence-electron chi connectivity index (χ3n) is 4.24. The summed E-state index contributed by atoms with van der Waals surface area (Å²) in [5.74, 6) is -1.00. The topological polar surface area (TPSA) is 84.9 Å². The maximum absolute atomic E-state index is 12.4. The summed E-state index contributed by atoms with van der Waals surface area (Å²) in [7, 11) is 0. The van der Waals surface area contributed by atoms with Crippen LogP contribution in [-0.2, 0) is 19.1 Å². The van der Waals surface area contributed by atoms with Gasteiger partial charge in [-0.05, 0) is 58.6 Å². The van der Waals surface area contributed by atoms with E-state index in [1.165, 1.54) is 4.90 Å². The van der Waals surface area contributed by atoms with Crippen molar-refractivity contribution in [2.24, 2.45) is 0 Å². The fraction of sp³-hybridized carbons (Fsp3) is 0.550. The molecule has 1 fully saturated rings. The number of anilines is 1. The monoisotopic (exact) mass is 376 g/mol. The predicted molar refractivity (Wildman–Crippen MR) is 101 cm³/mol. The number of amides is 2. The molecule has 1 heterocycles. The van der Waals surface area contributed by atoms with Gasteiger partial charge in [0, 0.05) is 12.2 Å². The van der Waals surface area contributed by atoms with E-state index in [9.17, 15) is 14.4 Å². The summed E-state index contributed by atoms with van der Waals surface area (Å²) in [5, 5.41) is 2.77. The lowest BCUT2D eigenvalue weighted by molar-refractivity contribution is -0.151. The number of rotatable bonds is 4. The van der Waals surface area contributed by atoms with Crippen LogP contribution in [0.5, 0.6) is 0 Å². The van der Waals surface area contributed by atoms with E-state index in [4.69, 9.17) is 9.47 Å². The first-order chi connectivity index (χ1) is 12.6. The Morgan fingerprint density at radius 2 is 1.81 bits per heavy atom. The molecule has 0 unspecified atom stereocenters. The molecule has 7 heteroatoms. The van der Waals surface area contributed by atoms with Gasteiger partial charge in [-0.25, -0.2) is 9.59 Å². The number of carbonyl (C=O) groups excluding carboxylic acids is 3. The second-order valence-corrected chi connectivity index (χ2v) is 7.75. The third kappa shape index (κ3) is 5.70. The summed E-state index contributed by atoms with van der Waals surface area (Å²) < 4.78 is 10.5. The number of benzene rings is 1. The highest BCUT2D eigenvalue weighted by atomic mass is 16.6. The number of nitrogens with one attached hydrogen (secondary N) is 1. The molecular weight excluding hydrogens is 348 g/mol. The molecule has 1 atom stereocenters. The van der Waals surface area contributed by atoms with Gasteiger partial charge >= 0.3 is 12.1 Å². The maximum Gasteiger partial charge on any atom is 0.411 e. The third-order valence-corrected chi connectivity index (χ3v) is 4.24. The minimum absolute atomic E-state index is 0.398. The van der Waals surface area contributed by atoms with Crippen molar-refractivity contribution in [3.8, 4) is 0 Å². The number of nitrogens with zero attached hydrogens (tertiary/aromatic N) is 1. The van der Waals surface area contributed by atoms with Crippen molar-refractivity contribution in [1.82, 2.24) is 4.90 Å². The van der Waals surface area contributed by atoms with Gasteiger partial charge in [0.25, 0.3) is 5.91 Å². The van der Waals surface area contributed by atoms with Gasteiger partial charge < -0.3 is 14.8 Å². The van der Waals surface area contributed by atoms with E-state index in [0.717, 1.165) is 16.8 Å². The smallest absolute Gasteiger partial charge is 0.411 e. The van der Waals surface area contributed by atoms with Gasteiger partial charge in [0.05, 0.1) is 0 Å². The fourth-order valence-corrected chi connectivity index (χ4v) is 2.97. The van der Waals surface area contributed by atoms with Gasteiger partial charge in [0.1, 0.15) is 11.6 Å². The van der Waals surface area contributed by atoms with Gasteiger partial charge in [-0.3, -0.25) is 9.69 Å². The molecule has 1 aliphatic heterocycles. The van der Waals surface area contributed by atoms with Crippen molar-refractivity contribution in [2.45, 2.75) is 59.1 Å². The van der Waals surface area contributed by atoms with Gasteiger partial charge in [-0.2, -0.15) is 0 Å². The molecule has 0 bridgehead atoms. The summed E-state index contributed by atoms with van der Waals surface area (Å²) >= 11 is 0. The molecule has 2 amide bonds. The van der Waals surface area contributed by atoms with Crippen molar-refractivity contribution >= 4 is 23.7 Å². The highest BCUT2D eigenvalue weighted by Crippen LogP contribution is 2.22. The molecule has 0 saturated carbocycles. The number of likely N-dealkylation sites (tertiary alicyclic amines) is 1.